The number of nitrogens with zero attached hydrogens (tertiary/aromatic N) is 4. The Hall–Kier alpha value is -2.28. The fourth-order valence-electron chi connectivity index (χ4n) is 5.53. The highest BCUT2D eigenvalue weighted by atomic mass is 16.5. The number of rotatable bonds is 2. The molecule has 1 aliphatic heterocycles. The van der Waals surface area contributed by atoms with Crippen LogP contribution in [0.4, 0.5) is 5.95 Å². The lowest BCUT2D eigenvalue weighted by Gasteiger charge is -2.37. The van der Waals surface area contributed by atoms with Gasteiger partial charge < -0.3 is 14.7 Å². The summed E-state index contributed by atoms with van der Waals surface area (Å²) in [7, 11) is 0. The van der Waals surface area contributed by atoms with E-state index >= 15 is 0 Å². The number of ketones is 1. The number of fused-ring (bicyclic) bond motifs is 2. The van der Waals surface area contributed by atoms with Crippen molar-refractivity contribution in [1.29, 1.82) is 0 Å². The van der Waals surface area contributed by atoms with Crippen LogP contribution in [0.2, 0.25) is 0 Å². The van der Waals surface area contributed by atoms with Crippen LogP contribution in [0.25, 0.3) is 11.5 Å². The lowest BCUT2D eigenvalue weighted by Crippen LogP contribution is -2.44. The van der Waals surface area contributed by atoms with E-state index in [-0.39, 0.29) is 0 Å². The minimum Gasteiger partial charge on any atom is -0.354 e. The molecular weight excluding hydrogens is 378 g/mol. The maximum absolute atomic E-state index is 12.9. The molecule has 0 radical (unpaired) electrons. The van der Waals surface area contributed by atoms with Gasteiger partial charge in [0.2, 0.25) is 5.95 Å². The summed E-state index contributed by atoms with van der Waals surface area (Å²) in [4.78, 5) is 24.7. The first kappa shape index (κ1) is 19.7. The van der Waals surface area contributed by atoms with E-state index in [9.17, 15) is 4.79 Å². The average molecular weight is 410 g/mol. The van der Waals surface area contributed by atoms with Crippen LogP contribution in [-0.2, 0) is 16.6 Å². The third-order valence-corrected chi connectivity index (χ3v) is 7.45. The molecule has 0 bridgehead atoms. The van der Waals surface area contributed by atoms with Gasteiger partial charge in [-0.25, -0.2) is 9.97 Å². The first-order chi connectivity index (χ1) is 14.6. The fraction of sp³-hybridized carbons (Fsp3) is 0.652. The van der Waals surface area contributed by atoms with E-state index in [1.807, 2.05) is 12.3 Å². The van der Waals surface area contributed by atoms with Crippen LogP contribution in [0.15, 0.2) is 16.8 Å². The Balaban J connectivity index is 1.51. The lowest BCUT2D eigenvalue weighted by molar-refractivity contribution is -0.127. The van der Waals surface area contributed by atoms with Crippen LogP contribution in [0.5, 0.6) is 0 Å². The van der Waals surface area contributed by atoms with E-state index in [4.69, 9.17) is 9.51 Å². The van der Waals surface area contributed by atoms with Gasteiger partial charge in [0.15, 0.2) is 5.76 Å². The van der Waals surface area contributed by atoms with E-state index in [1.54, 1.807) is 0 Å². The molecular formula is C23H31N5O2. The van der Waals surface area contributed by atoms with Gasteiger partial charge in [-0.2, -0.15) is 0 Å². The largest absolute Gasteiger partial charge is 0.354 e. The Labute approximate surface area is 177 Å². The third kappa shape index (κ3) is 3.14. The number of Topliss-reactive ketones (excluding diaryl/α,β-unsaturated/α-hetero) is 1. The molecule has 2 fully saturated rings. The highest BCUT2D eigenvalue weighted by Gasteiger charge is 2.47. The van der Waals surface area contributed by atoms with E-state index in [0.717, 1.165) is 86.7 Å². The normalized spacial score (nSPS) is 29.7. The number of nitrogens with one attached hydrogen (secondary N) is 1. The second-order valence-electron chi connectivity index (χ2n) is 9.18. The molecule has 5 rings (SSSR count). The van der Waals surface area contributed by atoms with E-state index in [0.29, 0.717) is 24.3 Å². The van der Waals surface area contributed by atoms with Crippen molar-refractivity contribution in [2.24, 2.45) is 0 Å². The topological polar surface area (TPSA) is 84.1 Å². The Bertz CT molecular complexity index is 941. The number of hydrogen-bond acceptors (Lipinski definition) is 7. The summed E-state index contributed by atoms with van der Waals surface area (Å²) in [5.74, 6) is 1.80. The highest BCUT2D eigenvalue weighted by molar-refractivity contribution is 5.91. The van der Waals surface area contributed by atoms with Gasteiger partial charge in [0.05, 0.1) is 5.41 Å². The quantitative estimate of drug-likeness (QED) is 0.813. The number of aromatic nitrogens is 3. The Morgan fingerprint density at radius 3 is 2.90 bits per heavy atom. The van der Waals surface area contributed by atoms with Crippen molar-refractivity contribution in [3.05, 3.63) is 23.5 Å². The zero-order valence-corrected chi connectivity index (χ0v) is 18.0. The van der Waals surface area contributed by atoms with Gasteiger partial charge in [-0.3, -0.25) is 4.79 Å². The van der Waals surface area contributed by atoms with E-state index in [1.165, 1.54) is 0 Å². The average Bonchev–Trinajstić information content (AvgIpc) is 3.13. The van der Waals surface area contributed by atoms with E-state index < -0.39 is 5.41 Å². The summed E-state index contributed by atoms with van der Waals surface area (Å²) in [5, 5.41) is 8.02. The summed E-state index contributed by atoms with van der Waals surface area (Å²) in [6.45, 7) is 6.36. The van der Waals surface area contributed by atoms with Crippen molar-refractivity contribution in [1.82, 2.24) is 20.4 Å². The highest BCUT2D eigenvalue weighted by Crippen LogP contribution is 2.47. The number of carbonyl (C=O) groups excluding carboxylic acids is 1. The minimum atomic E-state index is -0.427. The molecule has 30 heavy (non-hydrogen) atoms. The monoisotopic (exact) mass is 409 g/mol. The summed E-state index contributed by atoms with van der Waals surface area (Å²) >= 11 is 0. The smallest absolute Gasteiger partial charge is 0.226 e. The molecule has 0 unspecified atom stereocenters. The van der Waals surface area contributed by atoms with Gasteiger partial charge in [0.25, 0.3) is 0 Å². The van der Waals surface area contributed by atoms with Gasteiger partial charge in [0.1, 0.15) is 17.2 Å². The molecule has 0 amide bonds. The molecule has 3 aliphatic rings. The van der Waals surface area contributed by atoms with Gasteiger partial charge >= 0.3 is 0 Å². The number of anilines is 1. The van der Waals surface area contributed by atoms with Crippen molar-refractivity contribution in [2.45, 2.75) is 82.7 Å². The molecule has 2 aromatic rings. The fourth-order valence-corrected chi connectivity index (χ4v) is 5.53. The number of carbonyl (C=O) groups is 1. The summed E-state index contributed by atoms with van der Waals surface area (Å²) in [6.07, 6.45) is 9.31. The maximum Gasteiger partial charge on any atom is 0.226 e. The molecule has 3 atom stereocenters. The maximum atomic E-state index is 12.9. The summed E-state index contributed by atoms with van der Waals surface area (Å²) in [5.41, 5.74) is 2.31. The van der Waals surface area contributed by atoms with Gasteiger partial charge in [-0.05, 0) is 65.0 Å². The zero-order valence-electron chi connectivity index (χ0n) is 18.0. The Morgan fingerprint density at radius 1 is 1.17 bits per heavy atom. The second-order valence-corrected chi connectivity index (χ2v) is 9.18. The van der Waals surface area contributed by atoms with Gasteiger partial charge in [-0.1, -0.05) is 11.6 Å². The van der Waals surface area contributed by atoms with Crippen molar-refractivity contribution in [3.63, 3.8) is 0 Å². The molecule has 1 saturated heterocycles. The van der Waals surface area contributed by atoms with Crippen LogP contribution < -0.4 is 10.2 Å². The molecule has 0 aromatic carbocycles. The SMILES string of the molecule is C[C@@H]1NCCCN(c2nccc(-c3onc4c3CCC[C@@]43CCCCC3=O)n2)[C@H]1C. The molecule has 2 aliphatic carbocycles. The van der Waals surface area contributed by atoms with Crippen LogP contribution in [-0.4, -0.2) is 46.1 Å². The van der Waals surface area contributed by atoms with Crippen LogP contribution in [0.1, 0.15) is 70.1 Å². The molecule has 1 N–H and O–H groups in total. The summed E-state index contributed by atoms with van der Waals surface area (Å²) < 4.78 is 5.87. The van der Waals surface area contributed by atoms with E-state index in [2.05, 4.69) is 34.2 Å². The first-order valence-electron chi connectivity index (χ1n) is 11.5. The van der Waals surface area contributed by atoms with Crippen molar-refractivity contribution in [2.75, 3.05) is 18.0 Å². The Morgan fingerprint density at radius 2 is 2.03 bits per heavy atom. The first-order valence-corrected chi connectivity index (χ1v) is 11.5. The van der Waals surface area contributed by atoms with Crippen LogP contribution in [0, 0.1) is 0 Å². The third-order valence-electron chi connectivity index (χ3n) is 7.45. The molecule has 7 heteroatoms. The van der Waals surface area contributed by atoms with Crippen molar-refractivity contribution < 1.29 is 9.32 Å². The molecule has 3 heterocycles. The zero-order chi connectivity index (χ0) is 20.7. The van der Waals surface area contributed by atoms with Crippen molar-refractivity contribution >= 4 is 11.7 Å². The molecule has 160 valence electrons. The molecule has 7 nitrogen and oxygen atoms in total. The van der Waals surface area contributed by atoms with Gasteiger partial charge in [0, 0.05) is 36.8 Å². The molecule has 1 saturated carbocycles. The second kappa shape index (κ2) is 7.76. The summed E-state index contributed by atoms with van der Waals surface area (Å²) in [6, 6.07) is 2.57. The van der Waals surface area contributed by atoms with Gasteiger partial charge in [-0.15, -0.1) is 0 Å². The molecule has 2 aromatic heterocycles. The predicted octanol–water partition coefficient (Wildman–Crippen LogP) is 3.43. The predicted molar refractivity (Wildman–Crippen MR) is 115 cm³/mol. The molecule has 1 spiro atoms. The standard InChI is InChI=1S/C23H31N5O2/c1-15-16(2)28(14-6-12-24-15)22-25-13-9-18(26-22)20-17-7-5-11-23(21(17)27-30-20)10-4-3-8-19(23)29/h9,13,15-16,24H,3-8,10-12,14H2,1-2H3/t15-,16-,23+/m0/s1. The van der Waals surface area contributed by atoms with Crippen molar-refractivity contribution in [3.8, 4) is 11.5 Å². The van der Waals surface area contributed by atoms with Crippen LogP contribution in [0.3, 0.4) is 0 Å². The Kier molecular flexibility index (Phi) is 5.09. The minimum absolute atomic E-state index is 0.300. The number of hydrogen-bond donors (Lipinski definition) is 1. The lowest BCUT2D eigenvalue weighted by atomic mass is 9.64. The van der Waals surface area contributed by atoms with Crippen LogP contribution >= 0.6 is 0 Å².